The Kier molecular flexibility index (Phi) is 3.75. The first kappa shape index (κ1) is 12.5. The molecule has 0 fully saturated rings. The molecular formula is C9H19N2O3S+. The molecular weight excluding hydrogens is 216 g/mol. The van der Waals surface area contributed by atoms with Gasteiger partial charge >= 0.3 is 10.3 Å². The van der Waals surface area contributed by atoms with Crippen molar-refractivity contribution in [3.05, 3.63) is 12.4 Å². The molecule has 88 valence electrons. The van der Waals surface area contributed by atoms with Crippen molar-refractivity contribution < 1.29 is 16.5 Å². The van der Waals surface area contributed by atoms with Gasteiger partial charge in [0.25, 0.3) is 0 Å². The third-order valence-corrected chi connectivity index (χ3v) is 4.33. The van der Waals surface area contributed by atoms with Crippen LogP contribution < -0.4 is 0 Å². The molecule has 0 saturated heterocycles. The zero-order valence-corrected chi connectivity index (χ0v) is 10.3. The molecule has 0 bridgehead atoms. The second kappa shape index (κ2) is 4.51. The van der Waals surface area contributed by atoms with Crippen molar-refractivity contribution >= 4 is 10.3 Å². The minimum Gasteiger partial charge on any atom is -0.328 e. The van der Waals surface area contributed by atoms with Crippen molar-refractivity contribution in [3.63, 3.8) is 0 Å². The maximum atomic E-state index is 11.8. The maximum absolute atomic E-state index is 11.8. The lowest BCUT2D eigenvalue weighted by Crippen LogP contribution is -2.50. The average Bonchev–Trinajstić information content (AvgIpc) is 2.59. The van der Waals surface area contributed by atoms with Gasteiger partial charge in [-0.05, 0) is 6.42 Å². The number of quaternary nitrogens is 1. The number of nitrogens with zero attached hydrogens (tertiary/aromatic N) is 2. The monoisotopic (exact) mass is 235 g/mol. The normalized spacial score (nSPS) is 26.2. The Labute approximate surface area is 91.8 Å². The molecule has 1 rings (SSSR count). The van der Waals surface area contributed by atoms with Gasteiger partial charge in [-0.2, -0.15) is 0 Å². The topological polar surface area (TPSA) is 46.6 Å². The van der Waals surface area contributed by atoms with Crippen LogP contribution in [0.2, 0.25) is 0 Å². The van der Waals surface area contributed by atoms with E-state index in [1.807, 2.05) is 18.9 Å². The lowest BCUT2D eigenvalue weighted by molar-refractivity contribution is -0.759. The van der Waals surface area contributed by atoms with Crippen molar-refractivity contribution in [2.24, 2.45) is 0 Å². The molecule has 1 aliphatic rings. The molecule has 5 nitrogen and oxygen atoms in total. The second-order valence-electron chi connectivity index (χ2n) is 3.82. The van der Waals surface area contributed by atoms with E-state index in [4.69, 9.17) is 0 Å². The Morgan fingerprint density at radius 1 is 1.53 bits per heavy atom. The van der Waals surface area contributed by atoms with E-state index in [9.17, 15) is 8.42 Å². The van der Waals surface area contributed by atoms with E-state index >= 15 is 0 Å². The Hall–Kier alpha value is -0.590. The third kappa shape index (κ3) is 2.32. The average molecular weight is 235 g/mol. The van der Waals surface area contributed by atoms with Gasteiger partial charge in [-0.25, -0.2) is 4.18 Å². The van der Waals surface area contributed by atoms with E-state index in [2.05, 4.69) is 4.18 Å². The molecule has 0 aliphatic carbocycles. The van der Waals surface area contributed by atoms with E-state index in [0.717, 1.165) is 12.8 Å². The minimum atomic E-state index is -3.56. The molecule has 1 unspecified atom stereocenters. The highest BCUT2D eigenvalue weighted by molar-refractivity contribution is 7.81. The smallest absolute Gasteiger partial charge is 0.328 e. The van der Waals surface area contributed by atoms with Crippen LogP contribution in [0, 0.1) is 0 Å². The van der Waals surface area contributed by atoms with Gasteiger partial charge in [-0.3, -0.25) is 0 Å². The molecule has 15 heavy (non-hydrogen) atoms. The summed E-state index contributed by atoms with van der Waals surface area (Å²) in [6.07, 6.45) is 5.30. The highest BCUT2D eigenvalue weighted by atomic mass is 32.2. The molecule has 0 amide bonds. The van der Waals surface area contributed by atoms with Gasteiger partial charge in [0.1, 0.15) is 12.7 Å². The minimum absolute atomic E-state index is 0.117. The molecule has 0 aromatic heterocycles. The van der Waals surface area contributed by atoms with Crippen molar-refractivity contribution in [2.45, 2.75) is 19.8 Å². The van der Waals surface area contributed by atoms with E-state index in [-0.39, 0.29) is 3.89 Å². The summed E-state index contributed by atoms with van der Waals surface area (Å²) < 4.78 is 28.2. The molecule has 0 aromatic rings. The number of rotatable bonds is 5. The summed E-state index contributed by atoms with van der Waals surface area (Å²) in [4.78, 5) is 1.85. The Morgan fingerprint density at radius 2 is 2.20 bits per heavy atom. The van der Waals surface area contributed by atoms with Crippen LogP contribution in [0.15, 0.2) is 12.4 Å². The van der Waals surface area contributed by atoms with Gasteiger partial charge in [0.05, 0.1) is 13.3 Å². The first-order chi connectivity index (χ1) is 6.97. The van der Waals surface area contributed by atoms with Gasteiger partial charge in [0, 0.05) is 7.05 Å². The van der Waals surface area contributed by atoms with Crippen molar-refractivity contribution in [2.75, 3.05) is 27.4 Å². The second-order valence-corrected chi connectivity index (χ2v) is 5.74. The van der Waals surface area contributed by atoms with Crippen molar-refractivity contribution in [3.8, 4) is 0 Å². The van der Waals surface area contributed by atoms with Crippen LogP contribution in [0.25, 0.3) is 0 Å². The number of unbranched alkanes of at least 4 members (excludes halogenated alkanes) is 1. The lowest BCUT2D eigenvalue weighted by atomic mass is 10.3. The first-order valence-electron chi connectivity index (χ1n) is 5.04. The summed E-state index contributed by atoms with van der Waals surface area (Å²) in [5.41, 5.74) is 0. The van der Waals surface area contributed by atoms with Crippen LogP contribution in [0.5, 0.6) is 0 Å². The third-order valence-electron chi connectivity index (χ3n) is 2.60. The molecule has 1 atom stereocenters. The Balaban J connectivity index is 2.94. The first-order valence-corrected chi connectivity index (χ1v) is 6.41. The van der Waals surface area contributed by atoms with Crippen LogP contribution in [-0.4, -0.2) is 44.6 Å². The van der Waals surface area contributed by atoms with Gasteiger partial charge in [-0.1, -0.05) is 13.3 Å². The van der Waals surface area contributed by atoms with E-state index in [1.165, 1.54) is 7.11 Å². The molecule has 0 saturated carbocycles. The standard InChI is InChI=1S/C9H19N2O3S/c1-4-5-7-11(15(12,13)14-3)8-6-10(2)9-11/h6,8H,4-5,7,9H2,1-3H3/q+1. The predicted octanol–water partition coefficient (Wildman–Crippen LogP) is 0.869. The van der Waals surface area contributed by atoms with E-state index in [1.54, 1.807) is 12.4 Å². The van der Waals surface area contributed by atoms with Gasteiger partial charge in [0.15, 0.2) is 6.67 Å². The van der Waals surface area contributed by atoms with Gasteiger partial charge in [0.2, 0.25) is 0 Å². The van der Waals surface area contributed by atoms with Gasteiger partial charge in [-0.15, -0.1) is 12.3 Å². The van der Waals surface area contributed by atoms with Gasteiger partial charge < -0.3 is 4.90 Å². The summed E-state index contributed by atoms with van der Waals surface area (Å²) in [6, 6.07) is 0. The summed E-state index contributed by atoms with van der Waals surface area (Å²) in [5.74, 6) is 0. The zero-order valence-electron chi connectivity index (χ0n) is 9.51. The zero-order chi connectivity index (χ0) is 11.5. The quantitative estimate of drug-likeness (QED) is 0.663. The summed E-state index contributed by atoms with van der Waals surface area (Å²) in [5, 5.41) is 0. The Morgan fingerprint density at radius 3 is 2.60 bits per heavy atom. The largest absolute Gasteiger partial charge is 0.441 e. The molecule has 0 aromatic carbocycles. The van der Waals surface area contributed by atoms with Crippen LogP contribution in [0.3, 0.4) is 0 Å². The fraction of sp³-hybridized carbons (Fsp3) is 0.778. The summed E-state index contributed by atoms with van der Waals surface area (Å²) in [7, 11) is -0.485. The van der Waals surface area contributed by atoms with E-state index < -0.39 is 10.3 Å². The predicted molar refractivity (Wildman–Crippen MR) is 57.7 cm³/mol. The maximum Gasteiger partial charge on any atom is 0.441 e. The number of hydrogen-bond donors (Lipinski definition) is 0. The molecule has 0 spiro atoms. The fourth-order valence-electron chi connectivity index (χ4n) is 1.68. The SMILES string of the molecule is CCCC[N+]1(S(=O)(=O)OC)C=CN(C)C1. The van der Waals surface area contributed by atoms with Crippen LogP contribution in [0.4, 0.5) is 0 Å². The number of hydrogen-bond acceptors (Lipinski definition) is 4. The highest BCUT2D eigenvalue weighted by Gasteiger charge is 2.44. The lowest BCUT2D eigenvalue weighted by Gasteiger charge is -2.28. The molecule has 1 heterocycles. The highest BCUT2D eigenvalue weighted by Crippen LogP contribution is 2.24. The fourth-order valence-corrected chi connectivity index (χ4v) is 2.86. The molecule has 0 N–H and O–H groups in total. The molecule has 1 aliphatic heterocycles. The van der Waals surface area contributed by atoms with Crippen LogP contribution >= 0.6 is 0 Å². The van der Waals surface area contributed by atoms with Crippen LogP contribution in [0.1, 0.15) is 19.8 Å². The Bertz CT molecular complexity index is 339. The van der Waals surface area contributed by atoms with Crippen LogP contribution in [-0.2, 0) is 14.5 Å². The summed E-state index contributed by atoms with van der Waals surface area (Å²) >= 11 is 0. The molecule has 6 heteroatoms. The van der Waals surface area contributed by atoms with E-state index in [0.29, 0.717) is 13.2 Å². The van der Waals surface area contributed by atoms with Crippen molar-refractivity contribution in [1.82, 2.24) is 4.90 Å². The van der Waals surface area contributed by atoms with Crippen molar-refractivity contribution in [1.29, 1.82) is 0 Å². The molecule has 0 radical (unpaired) electrons. The summed E-state index contributed by atoms with van der Waals surface area (Å²) in [6.45, 7) is 3.03.